The Kier molecular flexibility index (Phi) is 110. The molecule has 1 nitrogen and oxygen atoms in total. The van der Waals surface area contributed by atoms with Crippen LogP contribution in [0.25, 0.3) is 0 Å². The third-order valence-electron chi connectivity index (χ3n) is 0. The van der Waals surface area contributed by atoms with Gasteiger partial charge in [0.1, 0.15) is 0 Å². The van der Waals surface area contributed by atoms with E-state index in [9.17, 15) is 0 Å². The molecule has 0 spiro atoms. The van der Waals surface area contributed by atoms with E-state index in [1.54, 1.807) is 0 Å². The van der Waals surface area contributed by atoms with Gasteiger partial charge in [-0.05, 0) is 6.29 Å². The van der Waals surface area contributed by atoms with E-state index in [-0.39, 0.29) is 28.5 Å². The fourth-order valence-electron chi connectivity index (χ4n) is 0. The van der Waals surface area contributed by atoms with Crippen molar-refractivity contribution in [2.45, 2.75) is 0 Å². The van der Waals surface area contributed by atoms with Crippen molar-refractivity contribution in [2.24, 2.45) is 0 Å². The summed E-state index contributed by atoms with van der Waals surface area (Å²) in [7, 11) is 0. The van der Waals surface area contributed by atoms with Crippen molar-refractivity contribution in [1.82, 2.24) is 0 Å². The van der Waals surface area contributed by atoms with Gasteiger partial charge in [-0.2, -0.15) is 0 Å². The summed E-state index contributed by atoms with van der Waals surface area (Å²) in [5.41, 5.74) is 0. The van der Waals surface area contributed by atoms with Gasteiger partial charge in [0.15, 0.2) is 0 Å². The van der Waals surface area contributed by atoms with Crippen LogP contribution in [0.4, 0.5) is 0 Å². The molecule has 0 saturated carbocycles. The summed E-state index contributed by atoms with van der Waals surface area (Å²) >= 11 is 0. The normalized spacial score (nSPS) is 2.40. The Morgan fingerprint density at radius 1 is 1.60 bits per heavy atom. The largest absolute Gasteiger partial charge is 2.00 e. The summed E-state index contributed by atoms with van der Waals surface area (Å²) < 4.78 is 0. The maximum absolute atomic E-state index is 8.69. The Balaban J connectivity index is -0.0000000200. The van der Waals surface area contributed by atoms with Crippen LogP contribution in [0.2, 0.25) is 0 Å². The first-order valence-electron chi connectivity index (χ1n) is 0.644. The van der Waals surface area contributed by atoms with Crippen molar-refractivity contribution >= 4 is 6.29 Å². The third kappa shape index (κ3) is 403. The molecule has 0 aromatic rings. The Morgan fingerprint density at radius 3 is 1.60 bits per heavy atom. The van der Waals surface area contributed by atoms with Gasteiger partial charge in [0.2, 0.25) is 0 Å². The van der Waals surface area contributed by atoms with Crippen LogP contribution in [-0.4, -0.2) is 6.29 Å². The molecule has 0 aromatic heterocycles. The average molecular weight is 242 g/mol. The molecule has 0 saturated heterocycles. The molecule has 0 atom stereocenters. The van der Waals surface area contributed by atoms with Crippen LogP contribution < -0.4 is 0 Å². The van der Waals surface area contributed by atoms with Crippen LogP contribution >= 0.6 is 0 Å². The molecule has 0 aliphatic carbocycles. The quantitative estimate of drug-likeness (QED) is 0.445. The van der Waals surface area contributed by atoms with E-state index in [0.717, 1.165) is 0 Å². The molecule has 30 valence electrons. The summed E-state index contributed by atoms with van der Waals surface area (Å²) in [6, 6.07) is 0. The number of hydrogen-bond donors (Lipinski definition) is 0. The summed E-state index contributed by atoms with van der Waals surface area (Å²) in [5, 5.41) is 0. The second kappa shape index (κ2) is 29.2. The molecule has 0 unspecified atom stereocenters. The zero-order valence-corrected chi connectivity index (χ0v) is 6.03. The van der Waals surface area contributed by atoms with Gasteiger partial charge >= 0.3 is 21.1 Å². The second-order valence-electron chi connectivity index (χ2n) is 0.167. The molecular weight excluding hydrogens is 236 g/mol. The minimum absolute atomic E-state index is 0. The van der Waals surface area contributed by atoms with Crippen LogP contribution in [-0.2, 0) is 25.9 Å². The van der Waals surface area contributed by atoms with Crippen LogP contribution in [0.15, 0.2) is 0 Å². The van der Waals surface area contributed by atoms with Crippen molar-refractivity contribution in [2.75, 3.05) is 0 Å². The molecule has 2 heteroatoms. The Hall–Kier alpha value is 0.228. The zero-order valence-electron chi connectivity index (χ0n) is 3.10. The standard InChI is InChI=1S/C2H3O.CH3.W/c1-2-3;;/h2H,1H2;1H3;/q2*-1;+2. The van der Waals surface area contributed by atoms with Crippen LogP contribution in [0.1, 0.15) is 0 Å². The van der Waals surface area contributed by atoms with Crippen molar-refractivity contribution in [3.8, 4) is 0 Å². The van der Waals surface area contributed by atoms with Crippen molar-refractivity contribution in [3.63, 3.8) is 0 Å². The predicted octanol–water partition coefficient (Wildman–Crippen LogP) is 0.467. The van der Waals surface area contributed by atoms with Crippen LogP contribution in [0.3, 0.4) is 0 Å². The number of carbonyl (C=O) groups excluding carboxylic acids is 1. The van der Waals surface area contributed by atoms with Crippen LogP contribution in [0.5, 0.6) is 0 Å². The molecule has 0 bridgehead atoms. The molecule has 0 radical (unpaired) electrons. The summed E-state index contributed by atoms with van der Waals surface area (Å²) in [4.78, 5) is 8.69. The third-order valence-corrected chi connectivity index (χ3v) is 0. The minimum atomic E-state index is 0. The summed E-state index contributed by atoms with van der Waals surface area (Å²) in [6.07, 6.45) is 0.500. The second-order valence-corrected chi connectivity index (χ2v) is 0.167. The van der Waals surface area contributed by atoms with E-state index in [1.165, 1.54) is 0 Å². The van der Waals surface area contributed by atoms with E-state index in [2.05, 4.69) is 6.92 Å². The molecule has 0 amide bonds. The number of aldehydes is 1. The monoisotopic (exact) mass is 242 g/mol. The van der Waals surface area contributed by atoms with Crippen LogP contribution in [0, 0.1) is 14.4 Å². The topological polar surface area (TPSA) is 17.1 Å². The maximum atomic E-state index is 8.69. The first-order valence-corrected chi connectivity index (χ1v) is 0.644. The summed E-state index contributed by atoms with van der Waals surface area (Å²) in [6.45, 7) is 2.81. The predicted molar refractivity (Wildman–Crippen MR) is 17.8 cm³/mol. The molecular formula is C3H6OW. The van der Waals surface area contributed by atoms with Gasteiger partial charge in [-0.25, -0.2) is 0 Å². The van der Waals surface area contributed by atoms with E-state index in [1.807, 2.05) is 0 Å². The molecule has 0 rings (SSSR count). The summed E-state index contributed by atoms with van der Waals surface area (Å²) in [5.74, 6) is 0. The van der Waals surface area contributed by atoms with E-state index < -0.39 is 0 Å². The van der Waals surface area contributed by atoms with Gasteiger partial charge in [0, 0.05) is 0 Å². The van der Waals surface area contributed by atoms with Gasteiger partial charge in [0.05, 0.1) is 0 Å². The molecule has 0 aromatic carbocycles. The van der Waals surface area contributed by atoms with Gasteiger partial charge in [-0.15, -0.1) is 0 Å². The fourth-order valence-corrected chi connectivity index (χ4v) is 0. The van der Waals surface area contributed by atoms with Gasteiger partial charge in [0.25, 0.3) is 0 Å². The van der Waals surface area contributed by atoms with Crippen molar-refractivity contribution in [3.05, 3.63) is 14.4 Å². The fraction of sp³-hybridized carbons (Fsp3) is 0. The molecule has 0 aliphatic heterocycles. The zero-order chi connectivity index (χ0) is 2.71. The molecule has 0 heterocycles. The smallest absolute Gasteiger partial charge is 0.358 e. The molecule has 0 aliphatic rings. The first-order chi connectivity index (χ1) is 1.41. The van der Waals surface area contributed by atoms with Gasteiger partial charge in [-0.3, -0.25) is 0 Å². The Labute approximate surface area is 47.0 Å². The van der Waals surface area contributed by atoms with E-state index >= 15 is 0 Å². The maximum Gasteiger partial charge on any atom is 2.00 e. The van der Waals surface area contributed by atoms with Crippen molar-refractivity contribution in [1.29, 1.82) is 0 Å². The van der Waals surface area contributed by atoms with Gasteiger partial charge in [-0.1, -0.05) is 0 Å². The SMILES string of the molecule is [CH2-]C=O.[CH3-].[W+2]. The number of hydrogen-bond acceptors (Lipinski definition) is 1. The molecule has 5 heavy (non-hydrogen) atoms. The van der Waals surface area contributed by atoms with Crippen molar-refractivity contribution < 1.29 is 25.9 Å². The average Bonchev–Trinajstić information content (AvgIpc) is 0.918. The van der Waals surface area contributed by atoms with E-state index in [4.69, 9.17) is 4.79 Å². The van der Waals surface area contributed by atoms with Gasteiger partial charge < -0.3 is 19.1 Å². The number of carbonyl (C=O) groups is 1. The Bertz CT molecular complexity index is 14.4. The minimum Gasteiger partial charge on any atom is -0.358 e. The first kappa shape index (κ1) is 18.8. The number of rotatable bonds is 0. The molecule has 0 fully saturated rings. The van der Waals surface area contributed by atoms with E-state index in [0.29, 0.717) is 6.29 Å². The molecule has 0 N–H and O–H groups in total. The Morgan fingerprint density at radius 2 is 1.60 bits per heavy atom.